The average molecular weight is 364 g/mol. The van der Waals surface area contributed by atoms with Crippen LogP contribution in [0.1, 0.15) is 24.6 Å². The minimum absolute atomic E-state index is 0.153. The lowest BCUT2D eigenvalue weighted by Crippen LogP contribution is -2.28. The van der Waals surface area contributed by atoms with Gasteiger partial charge in [-0.05, 0) is 67.0 Å². The third-order valence-corrected chi connectivity index (χ3v) is 4.42. The summed E-state index contributed by atoms with van der Waals surface area (Å²) in [5, 5.41) is 16.6. The van der Waals surface area contributed by atoms with Crippen molar-refractivity contribution in [2.24, 2.45) is 0 Å². The van der Waals surface area contributed by atoms with Crippen LogP contribution in [0.15, 0.2) is 42.7 Å². The molecule has 140 valence electrons. The molecule has 3 rings (SSSR count). The summed E-state index contributed by atoms with van der Waals surface area (Å²) in [5.74, 6) is 0.509. The second kappa shape index (κ2) is 8.60. The third-order valence-electron chi connectivity index (χ3n) is 4.42. The number of fused-ring (bicyclic) bond motifs is 1. The first-order valence-electron chi connectivity index (χ1n) is 9.12. The Balaban J connectivity index is 2.04. The summed E-state index contributed by atoms with van der Waals surface area (Å²) in [6, 6.07) is 9.82. The van der Waals surface area contributed by atoms with E-state index in [1.807, 2.05) is 26.0 Å². The van der Waals surface area contributed by atoms with E-state index < -0.39 is 0 Å². The number of nitrogens with one attached hydrogen (secondary N) is 2. The second-order valence-corrected chi connectivity index (χ2v) is 6.39. The van der Waals surface area contributed by atoms with Crippen LogP contribution in [0.25, 0.3) is 21.9 Å². The standard InChI is InChI=1S/C21H24N4O2/c1-3-22-21(27)25-20-12-18-17(7-6-14(2)19(18)13-24-20)15-8-9-23-16(11-15)5-4-10-26/h6-9,11-13,26H,3-5,10H2,1-2H3,(H2,22,24,25,27). The zero-order chi connectivity index (χ0) is 19.2. The van der Waals surface area contributed by atoms with Gasteiger partial charge in [0, 0.05) is 36.6 Å². The summed E-state index contributed by atoms with van der Waals surface area (Å²) < 4.78 is 0. The van der Waals surface area contributed by atoms with Gasteiger partial charge in [0.15, 0.2) is 0 Å². The van der Waals surface area contributed by atoms with Gasteiger partial charge in [-0.15, -0.1) is 0 Å². The number of carbonyl (C=O) groups is 1. The molecule has 1 aromatic carbocycles. The summed E-state index contributed by atoms with van der Waals surface area (Å²) in [5.41, 5.74) is 4.19. The molecule has 2 aromatic heterocycles. The first-order valence-corrected chi connectivity index (χ1v) is 9.12. The number of carbonyl (C=O) groups excluding carboxylic acids is 1. The Kier molecular flexibility index (Phi) is 5.98. The fraction of sp³-hybridized carbons (Fsp3) is 0.286. The number of hydrogen-bond acceptors (Lipinski definition) is 4. The lowest BCUT2D eigenvalue weighted by atomic mass is 9.96. The van der Waals surface area contributed by atoms with Crippen molar-refractivity contribution in [2.45, 2.75) is 26.7 Å². The van der Waals surface area contributed by atoms with E-state index in [1.54, 1.807) is 12.4 Å². The number of benzene rings is 1. The molecule has 2 heterocycles. The molecule has 0 atom stereocenters. The normalized spacial score (nSPS) is 10.8. The zero-order valence-electron chi connectivity index (χ0n) is 15.6. The molecule has 0 bridgehead atoms. The van der Waals surface area contributed by atoms with E-state index in [4.69, 9.17) is 5.11 Å². The van der Waals surface area contributed by atoms with Crippen molar-refractivity contribution in [2.75, 3.05) is 18.5 Å². The minimum atomic E-state index is -0.270. The maximum absolute atomic E-state index is 11.8. The monoisotopic (exact) mass is 364 g/mol. The topological polar surface area (TPSA) is 87.1 Å². The van der Waals surface area contributed by atoms with Gasteiger partial charge in [-0.3, -0.25) is 10.3 Å². The van der Waals surface area contributed by atoms with E-state index in [0.29, 0.717) is 18.8 Å². The summed E-state index contributed by atoms with van der Waals surface area (Å²) >= 11 is 0. The molecule has 0 spiro atoms. The van der Waals surface area contributed by atoms with E-state index in [0.717, 1.165) is 39.6 Å². The summed E-state index contributed by atoms with van der Waals surface area (Å²) in [4.78, 5) is 20.6. The van der Waals surface area contributed by atoms with Crippen molar-refractivity contribution in [3.05, 3.63) is 54.0 Å². The Morgan fingerprint density at radius 3 is 2.78 bits per heavy atom. The number of amides is 2. The maximum atomic E-state index is 11.8. The Labute approximate surface area is 158 Å². The highest BCUT2D eigenvalue weighted by molar-refractivity contribution is 6.00. The van der Waals surface area contributed by atoms with Gasteiger partial charge in [0.2, 0.25) is 0 Å². The molecular formula is C21H24N4O2. The van der Waals surface area contributed by atoms with Gasteiger partial charge in [-0.25, -0.2) is 9.78 Å². The first-order chi connectivity index (χ1) is 13.1. The fourth-order valence-electron chi connectivity index (χ4n) is 3.06. The Bertz CT molecular complexity index is 956. The number of hydrogen-bond donors (Lipinski definition) is 3. The Morgan fingerprint density at radius 2 is 2.00 bits per heavy atom. The smallest absolute Gasteiger partial charge is 0.320 e. The van der Waals surface area contributed by atoms with Gasteiger partial charge in [-0.1, -0.05) is 12.1 Å². The van der Waals surface area contributed by atoms with Crippen molar-refractivity contribution in [3.63, 3.8) is 0 Å². The highest BCUT2D eigenvalue weighted by atomic mass is 16.2. The van der Waals surface area contributed by atoms with Gasteiger partial charge in [0.05, 0.1) is 0 Å². The highest BCUT2D eigenvalue weighted by Gasteiger charge is 2.10. The van der Waals surface area contributed by atoms with Crippen LogP contribution in [0.5, 0.6) is 0 Å². The number of urea groups is 1. The molecule has 6 heteroatoms. The number of rotatable bonds is 6. The van der Waals surface area contributed by atoms with Gasteiger partial charge in [-0.2, -0.15) is 0 Å². The lowest BCUT2D eigenvalue weighted by molar-refractivity contribution is 0.252. The molecular weight excluding hydrogens is 340 g/mol. The maximum Gasteiger partial charge on any atom is 0.320 e. The molecule has 3 N–H and O–H groups in total. The van der Waals surface area contributed by atoms with Crippen molar-refractivity contribution in [1.29, 1.82) is 0 Å². The number of aryl methyl sites for hydroxylation is 2. The van der Waals surface area contributed by atoms with E-state index in [2.05, 4.69) is 38.8 Å². The average Bonchev–Trinajstić information content (AvgIpc) is 2.67. The first kappa shape index (κ1) is 18.8. The third kappa shape index (κ3) is 4.41. The van der Waals surface area contributed by atoms with Crippen LogP contribution in [0.4, 0.5) is 10.6 Å². The summed E-state index contributed by atoms with van der Waals surface area (Å²) in [7, 11) is 0. The highest BCUT2D eigenvalue weighted by Crippen LogP contribution is 2.32. The van der Waals surface area contributed by atoms with E-state index in [1.165, 1.54) is 0 Å². The van der Waals surface area contributed by atoms with Crippen LogP contribution in [0.2, 0.25) is 0 Å². The minimum Gasteiger partial charge on any atom is -0.396 e. The van der Waals surface area contributed by atoms with Crippen LogP contribution in [0.3, 0.4) is 0 Å². The van der Waals surface area contributed by atoms with Crippen LogP contribution in [-0.2, 0) is 6.42 Å². The molecule has 27 heavy (non-hydrogen) atoms. The molecule has 3 aromatic rings. The number of pyridine rings is 2. The quantitative estimate of drug-likeness (QED) is 0.623. The molecule has 0 aliphatic rings. The van der Waals surface area contributed by atoms with Crippen molar-refractivity contribution in [3.8, 4) is 11.1 Å². The van der Waals surface area contributed by atoms with Crippen LogP contribution < -0.4 is 10.6 Å². The van der Waals surface area contributed by atoms with Gasteiger partial charge in [0.1, 0.15) is 5.82 Å². The van der Waals surface area contributed by atoms with Crippen molar-refractivity contribution in [1.82, 2.24) is 15.3 Å². The Hall–Kier alpha value is -2.99. The molecule has 2 amide bonds. The number of aromatic nitrogens is 2. The number of anilines is 1. The Morgan fingerprint density at radius 1 is 1.15 bits per heavy atom. The van der Waals surface area contributed by atoms with Gasteiger partial charge < -0.3 is 10.4 Å². The van der Waals surface area contributed by atoms with Crippen LogP contribution in [0, 0.1) is 6.92 Å². The molecule has 0 fully saturated rings. The molecule has 6 nitrogen and oxygen atoms in total. The van der Waals surface area contributed by atoms with Crippen molar-refractivity contribution < 1.29 is 9.90 Å². The van der Waals surface area contributed by atoms with Gasteiger partial charge >= 0.3 is 6.03 Å². The fourth-order valence-corrected chi connectivity index (χ4v) is 3.06. The zero-order valence-corrected chi connectivity index (χ0v) is 15.6. The molecule has 0 radical (unpaired) electrons. The second-order valence-electron chi connectivity index (χ2n) is 6.39. The molecule has 0 aliphatic carbocycles. The van der Waals surface area contributed by atoms with Crippen LogP contribution in [-0.4, -0.2) is 34.3 Å². The van der Waals surface area contributed by atoms with E-state index in [-0.39, 0.29) is 12.6 Å². The number of nitrogens with zero attached hydrogens (tertiary/aromatic N) is 2. The van der Waals surface area contributed by atoms with Crippen molar-refractivity contribution >= 4 is 22.6 Å². The van der Waals surface area contributed by atoms with E-state index >= 15 is 0 Å². The molecule has 0 saturated heterocycles. The predicted octanol–water partition coefficient (Wildman–Crippen LogP) is 3.67. The summed E-state index contributed by atoms with van der Waals surface area (Å²) in [6.45, 7) is 4.62. The molecule has 0 saturated carbocycles. The predicted molar refractivity (Wildman–Crippen MR) is 108 cm³/mol. The SMILES string of the molecule is CCNC(=O)Nc1cc2c(-c3ccnc(CCCO)c3)ccc(C)c2cn1. The summed E-state index contributed by atoms with van der Waals surface area (Å²) in [6.07, 6.45) is 5.02. The number of aliphatic hydroxyl groups is 1. The number of aliphatic hydroxyl groups excluding tert-OH is 1. The van der Waals surface area contributed by atoms with E-state index in [9.17, 15) is 4.79 Å². The lowest BCUT2D eigenvalue weighted by Gasteiger charge is -2.12. The largest absolute Gasteiger partial charge is 0.396 e. The molecule has 0 unspecified atom stereocenters. The molecule has 0 aliphatic heterocycles. The van der Waals surface area contributed by atoms with Crippen LogP contribution >= 0.6 is 0 Å². The van der Waals surface area contributed by atoms with Gasteiger partial charge in [0.25, 0.3) is 0 Å².